The molecule has 0 fully saturated rings. The van der Waals surface area contributed by atoms with E-state index in [9.17, 15) is 9.59 Å². The molecule has 0 aliphatic carbocycles. The Morgan fingerprint density at radius 3 is 1.06 bits per heavy atom. The minimum absolute atomic E-state index is 0.143. The summed E-state index contributed by atoms with van der Waals surface area (Å²) in [5.41, 5.74) is 0.954. The van der Waals surface area contributed by atoms with Crippen LogP contribution in [0.2, 0.25) is 0 Å². The van der Waals surface area contributed by atoms with E-state index in [4.69, 9.17) is 0 Å². The summed E-state index contributed by atoms with van der Waals surface area (Å²) in [6, 6.07) is 7.16. The van der Waals surface area contributed by atoms with Gasteiger partial charge in [0.05, 0.1) is 11.1 Å². The van der Waals surface area contributed by atoms with Crippen LogP contribution in [0.15, 0.2) is 24.3 Å². The summed E-state index contributed by atoms with van der Waals surface area (Å²) in [5.74, 6) is -0.286. The normalized spacial score (nSPS) is 10.9. The predicted octanol–water partition coefficient (Wildman–Crippen LogP) is 8.99. The van der Waals surface area contributed by atoms with Gasteiger partial charge in [-0.2, -0.15) is 0 Å². The van der Waals surface area contributed by atoms with Crippen molar-refractivity contribution >= 4 is 11.8 Å². The summed E-state index contributed by atoms with van der Waals surface area (Å²) in [6.45, 7) is 5.85. The van der Waals surface area contributed by atoms with Crippen LogP contribution in [0, 0.1) is 0 Å². The molecular formula is C32H56N2O2. The van der Waals surface area contributed by atoms with Crippen molar-refractivity contribution in [2.24, 2.45) is 0 Å². The zero-order valence-electron chi connectivity index (χ0n) is 23.7. The fourth-order valence-corrected chi connectivity index (χ4v) is 4.70. The largest absolute Gasteiger partial charge is 0.352 e. The lowest BCUT2D eigenvalue weighted by atomic mass is 10.0. The van der Waals surface area contributed by atoms with Crippen LogP contribution in [-0.2, 0) is 0 Å². The third-order valence-electron chi connectivity index (χ3n) is 7.05. The Morgan fingerprint density at radius 2 is 0.750 bits per heavy atom. The number of amides is 2. The predicted molar refractivity (Wildman–Crippen MR) is 155 cm³/mol. The van der Waals surface area contributed by atoms with Gasteiger partial charge < -0.3 is 10.6 Å². The molecule has 0 saturated carbocycles. The van der Waals surface area contributed by atoms with Gasteiger partial charge in [0.15, 0.2) is 0 Å². The monoisotopic (exact) mass is 500 g/mol. The molecule has 2 N–H and O–H groups in total. The number of unbranched alkanes of at least 4 members (excludes halogenated alkanes) is 18. The lowest BCUT2D eigenvalue weighted by molar-refractivity contribution is 0.0918. The molecule has 0 radical (unpaired) electrons. The molecule has 0 aliphatic rings. The number of rotatable bonds is 24. The van der Waals surface area contributed by atoms with Gasteiger partial charge in [-0.3, -0.25) is 9.59 Å². The zero-order valence-corrected chi connectivity index (χ0v) is 23.7. The first-order valence-electron chi connectivity index (χ1n) is 15.4. The minimum Gasteiger partial charge on any atom is -0.352 e. The number of carbonyl (C=O) groups is 2. The molecule has 0 bridgehead atoms. The fraction of sp³-hybridized carbons (Fsp3) is 0.750. The molecule has 2 amide bonds. The standard InChI is InChI=1S/C32H56N2O2/c1-3-5-7-9-11-13-15-17-19-23-27-33-31(35)29-25-21-22-26-30(29)32(36)34-28-24-20-18-16-14-12-10-8-6-4-2/h21-22,25-26H,3-20,23-24,27-28H2,1-2H3,(H,33,35)(H,34,36). The van der Waals surface area contributed by atoms with Crippen molar-refractivity contribution in [2.75, 3.05) is 13.1 Å². The molecule has 0 atom stereocenters. The highest BCUT2D eigenvalue weighted by Crippen LogP contribution is 2.12. The van der Waals surface area contributed by atoms with Crippen molar-refractivity contribution < 1.29 is 9.59 Å². The van der Waals surface area contributed by atoms with Crippen LogP contribution in [0.5, 0.6) is 0 Å². The molecule has 0 aliphatic heterocycles. The summed E-state index contributed by atoms with van der Waals surface area (Å²) < 4.78 is 0. The first kappa shape index (κ1) is 32.2. The summed E-state index contributed by atoms with van der Waals surface area (Å²) in [6.07, 6.45) is 25.6. The average Bonchev–Trinajstić information content (AvgIpc) is 2.90. The van der Waals surface area contributed by atoms with Crippen LogP contribution in [0.4, 0.5) is 0 Å². The Bertz CT molecular complexity index is 617. The molecule has 1 aromatic carbocycles. The molecule has 4 nitrogen and oxygen atoms in total. The van der Waals surface area contributed by atoms with Gasteiger partial charge in [-0.05, 0) is 25.0 Å². The van der Waals surface area contributed by atoms with Gasteiger partial charge in [0.2, 0.25) is 0 Å². The second-order valence-electron chi connectivity index (χ2n) is 10.4. The topological polar surface area (TPSA) is 58.2 Å². The fourth-order valence-electron chi connectivity index (χ4n) is 4.70. The van der Waals surface area contributed by atoms with E-state index >= 15 is 0 Å². The quantitative estimate of drug-likeness (QED) is 0.139. The first-order chi connectivity index (χ1) is 17.7. The van der Waals surface area contributed by atoms with Crippen LogP contribution < -0.4 is 10.6 Å². The third-order valence-corrected chi connectivity index (χ3v) is 7.05. The van der Waals surface area contributed by atoms with Crippen molar-refractivity contribution in [1.82, 2.24) is 10.6 Å². The van der Waals surface area contributed by atoms with Gasteiger partial charge in [-0.15, -0.1) is 0 Å². The molecule has 1 rings (SSSR count). The summed E-state index contributed by atoms with van der Waals surface area (Å²) in [7, 11) is 0. The molecule has 0 saturated heterocycles. The van der Waals surface area contributed by atoms with Crippen molar-refractivity contribution in [3.05, 3.63) is 35.4 Å². The Kier molecular flexibility index (Phi) is 21.1. The number of benzene rings is 1. The van der Waals surface area contributed by atoms with Crippen molar-refractivity contribution in [1.29, 1.82) is 0 Å². The molecule has 4 heteroatoms. The van der Waals surface area contributed by atoms with E-state index in [2.05, 4.69) is 24.5 Å². The lowest BCUT2D eigenvalue weighted by Gasteiger charge is -2.11. The van der Waals surface area contributed by atoms with Crippen LogP contribution >= 0.6 is 0 Å². The minimum atomic E-state index is -0.143. The SMILES string of the molecule is CCCCCCCCCCCCNC(=O)c1ccccc1C(=O)NCCCCCCCCCCCC. The van der Waals surface area contributed by atoms with Gasteiger partial charge in [0.1, 0.15) is 0 Å². The number of nitrogens with one attached hydrogen (secondary N) is 2. The average molecular weight is 501 g/mol. The van der Waals surface area contributed by atoms with Gasteiger partial charge in [0.25, 0.3) is 11.8 Å². The zero-order chi connectivity index (χ0) is 26.1. The van der Waals surface area contributed by atoms with Crippen LogP contribution in [0.3, 0.4) is 0 Å². The highest BCUT2D eigenvalue weighted by atomic mass is 16.2. The lowest BCUT2D eigenvalue weighted by Crippen LogP contribution is -2.30. The highest BCUT2D eigenvalue weighted by Gasteiger charge is 2.15. The smallest absolute Gasteiger partial charge is 0.252 e. The van der Waals surface area contributed by atoms with Gasteiger partial charge in [-0.25, -0.2) is 0 Å². The molecule has 1 aromatic rings. The Labute approximate surface area is 222 Å². The van der Waals surface area contributed by atoms with E-state index in [-0.39, 0.29) is 11.8 Å². The maximum Gasteiger partial charge on any atom is 0.252 e. The summed E-state index contributed by atoms with van der Waals surface area (Å²) in [5, 5.41) is 6.02. The van der Waals surface area contributed by atoms with Crippen LogP contribution in [0.25, 0.3) is 0 Å². The number of hydrogen-bond acceptors (Lipinski definition) is 2. The second-order valence-corrected chi connectivity index (χ2v) is 10.4. The van der Waals surface area contributed by atoms with Gasteiger partial charge in [0, 0.05) is 13.1 Å². The molecular weight excluding hydrogens is 444 g/mol. The van der Waals surface area contributed by atoms with E-state index in [1.54, 1.807) is 12.1 Å². The Balaban J connectivity index is 2.15. The molecule has 206 valence electrons. The highest BCUT2D eigenvalue weighted by molar-refractivity contribution is 6.07. The Morgan fingerprint density at radius 1 is 0.472 bits per heavy atom. The van der Waals surface area contributed by atoms with E-state index in [1.807, 2.05) is 12.1 Å². The van der Waals surface area contributed by atoms with Crippen molar-refractivity contribution in [3.63, 3.8) is 0 Å². The van der Waals surface area contributed by atoms with E-state index in [0.717, 1.165) is 25.7 Å². The molecule has 0 spiro atoms. The van der Waals surface area contributed by atoms with Crippen LogP contribution in [-0.4, -0.2) is 24.9 Å². The number of carbonyl (C=O) groups excluding carboxylic acids is 2. The second kappa shape index (κ2) is 23.6. The number of hydrogen-bond donors (Lipinski definition) is 2. The maximum absolute atomic E-state index is 12.7. The molecule has 0 heterocycles. The maximum atomic E-state index is 12.7. The Hall–Kier alpha value is -1.84. The van der Waals surface area contributed by atoms with Crippen molar-refractivity contribution in [2.45, 2.75) is 142 Å². The molecule has 0 aromatic heterocycles. The van der Waals surface area contributed by atoms with E-state index < -0.39 is 0 Å². The van der Waals surface area contributed by atoms with E-state index in [0.29, 0.717) is 24.2 Å². The van der Waals surface area contributed by atoms with Gasteiger partial charge >= 0.3 is 0 Å². The van der Waals surface area contributed by atoms with E-state index in [1.165, 1.54) is 103 Å². The summed E-state index contributed by atoms with van der Waals surface area (Å²) in [4.78, 5) is 25.4. The van der Waals surface area contributed by atoms with Crippen LogP contribution in [0.1, 0.15) is 163 Å². The van der Waals surface area contributed by atoms with Gasteiger partial charge in [-0.1, -0.05) is 142 Å². The van der Waals surface area contributed by atoms with Crippen molar-refractivity contribution in [3.8, 4) is 0 Å². The third kappa shape index (κ3) is 16.8. The summed E-state index contributed by atoms with van der Waals surface area (Å²) >= 11 is 0. The molecule has 36 heavy (non-hydrogen) atoms. The molecule has 0 unspecified atom stereocenters. The first-order valence-corrected chi connectivity index (χ1v) is 15.4.